The molecule has 5 heteroatoms. The lowest BCUT2D eigenvalue weighted by molar-refractivity contribution is 0.0921. The quantitative estimate of drug-likeness (QED) is 0.912. The van der Waals surface area contributed by atoms with Gasteiger partial charge in [-0.3, -0.25) is 4.79 Å². The van der Waals surface area contributed by atoms with E-state index >= 15 is 0 Å². The number of fused-ring (bicyclic) bond motifs is 1. The van der Waals surface area contributed by atoms with E-state index in [1.54, 1.807) is 0 Å². The largest absolute Gasteiger partial charge is 0.393 e. The zero-order valence-electron chi connectivity index (χ0n) is 10.9. The highest BCUT2D eigenvalue weighted by molar-refractivity contribution is 7.21. The van der Waals surface area contributed by atoms with Crippen molar-refractivity contribution in [1.82, 2.24) is 5.32 Å². The Bertz CT molecular complexity index is 640. The summed E-state index contributed by atoms with van der Waals surface area (Å²) >= 11 is 7.69. The van der Waals surface area contributed by atoms with Crippen LogP contribution in [0.3, 0.4) is 0 Å². The zero-order chi connectivity index (χ0) is 14.1. The van der Waals surface area contributed by atoms with Crippen LogP contribution in [0.2, 0.25) is 5.02 Å². The van der Waals surface area contributed by atoms with Crippen LogP contribution < -0.4 is 5.32 Å². The van der Waals surface area contributed by atoms with Crippen molar-refractivity contribution in [3.8, 4) is 0 Å². The van der Waals surface area contributed by atoms with Crippen molar-refractivity contribution in [2.45, 2.75) is 25.4 Å². The second-order valence-electron chi connectivity index (χ2n) is 5.21. The highest BCUT2D eigenvalue weighted by atomic mass is 35.5. The average molecular weight is 310 g/mol. The van der Waals surface area contributed by atoms with Gasteiger partial charge in [-0.1, -0.05) is 36.2 Å². The standard InChI is InChI=1S/C15H16ClNO2S/c16-13-10-5-1-2-7-12(10)20-14(13)15(19)17-8-9-4-3-6-11(9)18/h1-2,5,7,9,11,18H,3-4,6,8H2,(H,17,19). The Hall–Kier alpha value is -1.10. The van der Waals surface area contributed by atoms with Gasteiger partial charge in [-0.15, -0.1) is 11.3 Å². The summed E-state index contributed by atoms with van der Waals surface area (Å²) < 4.78 is 1.02. The first-order valence-corrected chi connectivity index (χ1v) is 7.99. The molecule has 2 unspecified atom stereocenters. The third kappa shape index (κ3) is 2.55. The molecule has 1 heterocycles. The summed E-state index contributed by atoms with van der Waals surface area (Å²) in [5.41, 5.74) is 0. The molecule has 0 saturated heterocycles. The van der Waals surface area contributed by atoms with E-state index in [0.29, 0.717) is 16.4 Å². The summed E-state index contributed by atoms with van der Waals surface area (Å²) in [4.78, 5) is 12.8. The fourth-order valence-electron chi connectivity index (χ4n) is 2.72. The van der Waals surface area contributed by atoms with E-state index < -0.39 is 0 Å². The predicted octanol–water partition coefficient (Wildman–Crippen LogP) is 3.45. The van der Waals surface area contributed by atoms with Gasteiger partial charge < -0.3 is 10.4 Å². The molecule has 1 saturated carbocycles. The first kappa shape index (κ1) is 13.9. The number of carbonyl (C=O) groups excluding carboxylic acids is 1. The van der Waals surface area contributed by atoms with Gasteiger partial charge in [-0.05, 0) is 18.9 Å². The molecule has 1 aliphatic carbocycles. The fraction of sp³-hybridized carbons (Fsp3) is 0.400. The van der Waals surface area contributed by atoms with E-state index in [4.69, 9.17) is 11.6 Å². The molecular formula is C15H16ClNO2S. The maximum Gasteiger partial charge on any atom is 0.262 e. The molecular weight excluding hydrogens is 294 g/mol. The average Bonchev–Trinajstić information content (AvgIpc) is 3.01. The van der Waals surface area contributed by atoms with Gasteiger partial charge in [-0.25, -0.2) is 0 Å². The topological polar surface area (TPSA) is 49.3 Å². The van der Waals surface area contributed by atoms with Gasteiger partial charge >= 0.3 is 0 Å². The van der Waals surface area contributed by atoms with Crippen molar-refractivity contribution >= 4 is 38.9 Å². The Morgan fingerprint density at radius 2 is 2.20 bits per heavy atom. The van der Waals surface area contributed by atoms with E-state index in [1.807, 2.05) is 24.3 Å². The molecule has 3 nitrogen and oxygen atoms in total. The number of aliphatic hydroxyl groups excluding tert-OH is 1. The number of amides is 1. The third-order valence-corrected chi connectivity index (χ3v) is 5.56. The van der Waals surface area contributed by atoms with Crippen LogP contribution in [0.15, 0.2) is 24.3 Å². The first-order valence-electron chi connectivity index (χ1n) is 6.80. The minimum Gasteiger partial charge on any atom is -0.393 e. The summed E-state index contributed by atoms with van der Waals surface area (Å²) in [7, 11) is 0. The highest BCUT2D eigenvalue weighted by Crippen LogP contribution is 2.35. The molecule has 3 rings (SSSR count). The molecule has 0 bridgehead atoms. The molecule has 1 aromatic heterocycles. The summed E-state index contributed by atoms with van der Waals surface area (Å²) in [6.45, 7) is 0.518. The minimum atomic E-state index is -0.284. The maximum atomic E-state index is 12.2. The van der Waals surface area contributed by atoms with Crippen LogP contribution in [0.5, 0.6) is 0 Å². The van der Waals surface area contributed by atoms with Gasteiger partial charge in [-0.2, -0.15) is 0 Å². The van der Waals surface area contributed by atoms with E-state index in [9.17, 15) is 9.90 Å². The fourth-order valence-corrected chi connectivity index (χ4v) is 4.15. The van der Waals surface area contributed by atoms with Gasteiger partial charge in [0.2, 0.25) is 0 Å². The second-order valence-corrected chi connectivity index (χ2v) is 6.64. The van der Waals surface area contributed by atoms with Crippen LogP contribution >= 0.6 is 22.9 Å². The highest BCUT2D eigenvalue weighted by Gasteiger charge is 2.26. The van der Waals surface area contributed by atoms with Crippen molar-refractivity contribution in [3.63, 3.8) is 0 Å². The van der Waals surface area contributed by atoms with Crippen molar-refractivity contribution in [2.24, 2.45) is 5.92 Å². The number of thiophene rings is 1. The molecule has 1 amide bonds. The number of hydrogen-bond acceptors (Lipinski definition) is 3. The van der Waals surface area contributed by atoms with E-state index in [0.717, 1.165) is 29.3 Å². The van der Waals surface area contributed by atoms with Crippen molar-refractivity contribution in [1.29, 1.82) is 0 Å². The summed E-state index contributed by atoms with van der Waals surface area (Å²) in [6.07, 6.45) is 2.56. The van der Waals surface area contributed by atoms with Crippen molar-refractivity contribution in [2.75, 3.05) is 6.54 Å². The van der Waals surface area contributed by atoms with Crippen molar-refractivity contribution < 1.29 is 9.90 Å². The summed E-state index contributed by atoms with van der Waals surface area (Å²) in [6, 6.07) is 7.73. The number of hydrogen-bond donors (Lipinski definition) is 2. The van der Waals surface area contributed by atoms with Gasteiger partial charge in [0.15, 0.2) is 0 Å². The van der Waals surface area contributed by atoms with Gasteiger partial charge in [0.1, 0.15) is 4.88 Å². The molecule has 2 atom stereocenters. The number of halogens is 1. The lowest BCUT2D eigenvalue weighted by Crippen LogP contribution is -2.32. The molecule has 106 valence electrons. The Balaban J connectivity index is 1.74. The molecule has 2 aromatic rings. The molecule has 2 N–H and O–H groups in total. The molecule has 0 radical (unpaired) electrons. The number of aliphatic hydroxyl groups is 1. The predicted molar refractivity (Wildman–Crippen MR) is 82.5 cm³/mol. The molecule has 0 aliphatic heterocycles. The smallest absolute Gasteiger partial charge is 0.262 e. The monoisotopic (exact) mass is 309 g/mol. The van der Waals surface area contributed by atoms with Crippen molar-refractivity contribution in [3.05, 3.63) is 34.2 Å². The van der Waals surface area contributed by atoms with E-state index in [2.05, 4.69) is 5.32 Å². The number of rotatable bonds is 3. The maximum absolute atomic E-state index is 12.2. The number of nitrogens with one attached hydrogen (secondary N) is 1. The van der Waals surface area contributed by atoms with Gasteiger partial charge in [0, 0.05) is 22.5 Å². The molecule has 1 aliphatic rings. The van der Waals surface area contributed by atoms with Crippen LogP contribution in [0.25, 0.3) is 10.1 Å². The van der Waals surface area contributed by atoms with Crippen LogP contribution in [0.1, 0.15) is 28.9 Å². The summed E-state index contributed by atoms with van der Waals surface area (Å²) in [5, 5.41) is 14.1. The summed E-state index contributed by atoms with van der Waals surface area (Å²) in [5.74, 6) is 0.0300. The van der Waals surface area contributed by atoms with Crippen LogP contribution in [0.4, 0.5) is 0 Å². The minimum absolute atomic E-state index is 0.143. The van der Waals surface area contributed by atoms with Gasteiger partial charge in [0.25, 0.3) is 5.91 Å². The van der Waals surface area contributed by atoms with Gasteiger partial charge in [0.05, 0.1) is 11.1 Å². The second kappa shape index (κ2) is 5.72. The van der Waals surface area contributed by atoms with Crippen LogP contribution in [-0.2, 0) is 0 Å². The van der Waals surface area contributed by atoms with E-state index in [-0.39, 0.29) is 17.9 Å². The number of carbonyl (C=O) groups is 1. The SMILES string of the molecule is O=C(NCC1CCCC1O)c1sc2ccccc2c1Cl. The lowest BCUT2D eigenvalue weighted by Gasteiger charge is -2.14. The molecule has 0 spiro atoms. The Morgan fingerprint density at radius 1 is 1.40 bits per heavy atom. The molecule has 20 heavy (non-hydrogen) atoms. The Morgan fingerprint density at radius 3 is 2.90 bits per heavy atom. The Labute approximate surface area is 126 Å². The molecule has 1 fully saturated rings. The molecule has 1 aromatic carbocycles. The normalized spacial score (nSPS) is 22.3. The lowest BCUT2D eigenvalue weighted by atomic mass is 10.1. The van der Waals surface area contributed by atoms with E-state index in [1.165, 1.54) is 11.3 Å². The first-order chi connectivity index (χ1) is 9.66. The Kier molecular flexibility index (Phi) is 3.96. The third-order valence-electron chi connectivity index (χ3n) is 3.88. The van der Waals surface area contributed by atoms with Crippen LogP contribution in [-0.4, -0.2) is 23.7 Å². The van der Waals surface area contributed by atoms with Crippen LogP contribution in [0, 0.1) is 5.92 Å². The zero-order valence-corrected chi connectivity index (χ0v) is 12.5. The number of benzene rings is 1.